The van der Waals surface area contributed by atoms with Crippen molar-refractivity contribution >= 4 is 39.4 Å². The van der Waals surface area contributed by atoms with Crippen molar-refractivity contribution in [1.29, 1.82) is 0 Å². The van der Waals surface area contributed by atoms with Crippen LogP contribution in [0.1, 0.15) is 127 Å². The number of urea groups is 1. The van der Waals surface area contributed by atoms with E-state index in [1.54, 1.807) is 32.6 Å². The van der Waals surface area contributed by atoms with E-state index in [0.29, 0.717) is 32.2 Å². The fourth-order valence-corrected chi connectivity index (χ4v) is 10.1. The van der Waals surface area contributed by atoms with E-state index in [-0.39, 0.29) is 47.8 Å². The molecule has 5 amide bonds. The maximum atomic E-state index is 14.9. The number of ketones is 1. The summed E-state index contributed by atoms with van der Waals surface area (Å²) in [5.74, 6) is -2.67. The first kappa shape index (κ1) is 43.4. The van der Waals surface area contributed by atoms with Gasteiger partial charge in [0, 0.05) is 13.1 Å². The predicted octanol–water partition coefficient (Wildman–Crippen LogP) is 4.67. The van der Waals surface area contributed by atoms with E-state index >= 15 is 0 Å². The summed E-state index contributed by atoms with van der Waals surface area (Å²) >= 11 is 0. The third-order valence-electron chi connectivity index (χ3n) is 11.8. The molecule has 0 aromatic heterocycles. The van der Waals surface area contributed by atoms with Crippen molar-refractivity contribution in [1.82, 2.24) is 26.2 Å². The van der Waals surface area contributed by atoms with Crippen LogP contribution >= 0.6 is 0 Å². The van der Waals surface area contributed by atoms with Crippen LogP contribution < -0.4 is 21.3 Å². The standard InChI is InChI=1S/C39H67N5O7S/c1-12-14-18-27(30(45)33(47)40-21-13-2)41-32(46)29-28-26(37(28,8)9)23-44(29)34(48)31(38(10)19-16-15-17-20-38)42-35(49)43-39(11,22-25(3)4)24-52(50,51)36(5,6)7/h13,25-29,31H,2,12,14-24H2,1,3-11H3,(H,40,47)(H,41,46)(H2,42,43,49)/t26-,27?,28-,29-,31+,39+/m0/s1. The summed E-state index contributed by atoms with van der Waals surface area (Å²) in [4.78, 5) is 70.5. The molecule has 13 heteroatoms. The van der Waals surface area contributed by atoms with Gasteiger partial charge in [-0.05, 0) is 82.0 Å². The molecule has 0 aromatic carbocycles. The molecule has 12 nitrogen and oxygen atoms in total. The van der Waals surface area contributed by atoms with E-state index in [9.17, 15) is 32.4 Å². The lowest BCUT2D eigenvalue weighted by Gasteiger charge is -2.44. The molecule has 1 unspecified atom stereocenters. The molecule has 3 rings (SSSR count). The van der Waals surface area contributed by atoms with Gasteiger partial charge in [-0.1, -0.05) is 79.7 Å². The molecule has 3 aliphatic rings. The molecule has 3 fully saturated rings. The van der Waals surface area contributed by atoms with Gasteiger partial charge in [0.1, 0.15) is 12.1 Å². The summed E-state index contributed by atoms with van der Waals surface area (Å²) in [6, 6.07) is -3.54. The van der Waals surface area contributed by atoms with Crippen molar-refractivity contribution in [3.8, 4) is 0 Å². The second kappa shape index (κ2) is 16.6. The molecule has 0 aromatic rings. The molecule has 0 spiro atoms. The van der Waals surface area contributed by atoms with Crippen molar-refractivity contribution in [2.24, 2.45) is 28.6 Å². The lowest BCUT2D eigenvalue weighted by molar-refractivity contribution is -0.146. The van der Waals surface area contributed by atoms with Crippen LogP contribution in [0.4, 0.5) is 4.79 Å². The van der Waals surface area contributed by atoms with E-state index < -0.39 is 67.3 Å². The zero-order valence-electron chi connectivity index (χ0n) is 33.4. The number of fused-ring (bicyclic) bond motifs is 1. The molecule has 0 bridgehead atoms. The molecule has 4 N–H and O–H groups in total. The molecule has 52 heavy (non-hydrogen) atoms. The Bertz CT molecular complexity index is 1460. The number of Topliss-reactive ketones (excluding diaryl/α,β-unsaturated/α-hetero) is 1. The molecule has 0 radical (unpaired) electrons. The number of carbonyl (C=O) groups is 5. The van der Waals surface area contributed by atoms with E-state index in [4.69, 9.17) is 0 Å². The van der Waals surface area contributed by atoms with Crippen LogP contribution in [-0.2, 0) is 29.0 Å². The van der Waals surface area contributed by atoms with Crippen LogP contribution in [-0.4, -0.2) is 90.1 Å². The SMILES string of the molecule is C=CCNC(=O)C(=O)C(CCCC)NC(=O)[C@@H]1[C@@H]2[C@H](CN1C(=O)[C@@H](NC(=O)N[C@](C)(CC(C)C)CS(=O)(=O)C(C)(C)C)C1(C)CCCCC1)C2(C)C. The first-order chi connectivity index (χ1) is 23.9. The Balaban J connectivity index is 1.95. The monoisotopic (exact) mass is 749 g/mol. The number of amides is 5. The average molecular weight is 750 g/mol. The minimum Gasteiger partial charge on any atom is -0.346 e. The topological polar surface area (TPSA) is 171 Å². The number of piperidine rings is 1. The Morgan fingerprint density at radius 1 is 0.981 bits per heavy atom. The number of likely N-dealkylation sites (tertiary alicyclic amines) is 1. The summed E-state index contributed by atoms with van der Waals surface area (Å²) in [5.41, 5.74) is -1.93. The maximum Gasteiger partial charge on any atom is 0.315 e. The van der Waals surface area contributed by atoms with Crippen molar-refractivity contribution in [3.63, 3.8) is 0 Å². The molecular weight excluding hydrogens is 683 g/mol. The van der Waals surface area contributed by atoms with Gasteiger partial charge in [0.05, 0.1) is 22.1 Å². The molecule has 2 aliphatic carbocycles. The minimum atomic E-state index is -3.61. The fraction of sp³-hybridized carbons (Fsp3) is 0.821. The van der Waals surface area contributed by atoms with Crippen molar-refractivity contribution in [2.45, 2.75) is 155 Å². The Morgan fingerprint density at radius 3 is 2.13 bits per heavy atom. The van der Waals surface area contributed by atoms with Gasteiger partial charge in [0.25, 0.3) is 5.91 Å². The highest BCUT2D eigenvalue weighted by atomic mass is 32.2. The quantitative estimate of drug-likeness (QED) is 0.124. The fourth-order valence-electron chi connectivity index (χ4n) is 8.63. The van der Waals surface area contributed by atoms with Gasteiger partial charge in [-0.15, -0.1) is 6.58 Å². The van der Waals surface area contributed by atoms with Gasteiger partial charge in [0.2, 0.25) is 17.6 Å². The van der Waals surface area contributed by atoms with Crippen LogP contribution in [0.3, 0.4) is 0 Å². The van der Waals surface area contributed by atoms with E-state index in [1.165, 1.54) is 6.08 Å². The van der Waals surface area contributed by atoms with Crippen molar-refractivity contribution in [2.75, 3.05) is 18.8 Å². The summed E-state index contributed by atoms with van der Waals surface area (Å²) < 4.78 is 25.7. The Labute approximate surface area is 312 Å². The highest BCUT2D eigenvalue weighted by molar-refractivity contribution is 7.92. The predicted molar refractivity (Wildman–Crippen MR) is 204 cm³/mol. The van der Waals surface area contributed by atoms with E-state index in [1.807, 2.05) is 27.7 Å². The van der Waals surface area contributed by atoms with Crippen LogP contribution in [0.15, 0.2) is 12.7 Å². The van der Waals surface area contributed by atoms with Crippen LogP contribution in [0.25, 0.3) is 0 Å². The molecule has 2 saturated carbocycles. The third-order valence-corrected chi connectivity index (χ3v) is 14.7. The Morgan fingerprint density at radius 2 is 1.60 bits per heavy atom. The first-order valence-electron chi connectivity index (χ1n) is 19.3. The molecule has 1 heterocycles. The van der Waals surface area contributed by atoms with Crippen LogP contribution in [0.2, 0.25) is 0 Å². The molecule has 1 aliphatic heterocycles. The number of hydrogen-bond acceptors (Lipinski definition) is 7. The number of hydrogen-bond donors (Lipinski definition) is 4. The first-order valence-corrected chi connectivity index (χ1v) is 20.9. The zero-order chi connectivity index (χ0) is 39.4. The summed E-state index contributed by atoms with van der Waals surface area (Å²) in [7, 11) is -3.61. The van der Waals surface area contributed by atoms with Gasteiger partial charge in [-0.25, -0.2) is 13.2 Å². The van der Waals surface area contributed by atoms with Crippen LogP contribution in [0.5, 0.6) is 0 Å². The second-order valence-corrected chi connectivity index (χ2v) is 21.0. The van der Waals surface area contributed by atoms with Crippen LogP contribution in [0, 0.1) is 28.6 Å². The number of carbonyl (C=O) groups excluding carboxylic acids is 5. The lowest BCUT2D eigenvalue weighted by atomic mass is 9.70. The minimum absolute atomic E-state index is 0.0541. The number of rotatable bonds is 17. The highest BCUT2D eigenvalue weighted by Gasteiger charge is 2.70. The molecule has 1 saturated heterocycles. The number of nitrogens with zero attached hydrogens (tertiary/aromatic N) is 1. The number of sulfone groups is 1. The number of nitrogens with one attached hydrogen (secondary N) is 4. The van der Waals surface area contributed by atoms with Crippen molar-refractivity contribution < 1.29 is 32.4 Å². The largest absolute Gasteiger partial charge is 0.346 e. The summed E-state index contributed by atoms with van der Waals surface area (Å²) in [6.45, 7) is 22.7. The average Bonchev–Trinajstić information content (AvgIpc) is 3.33. The van der Waals surface area contributed by atoms with Gasteiger partial charge >= 0.3 is 6.03 Å². The van der Waals surface area contributed by atoms with E-state index in [2.05, 4.69) is 41.7 Å². The van der Waals surface area contributed by atoms with E-state index in [0.717, 1.165) is 25.7 Å². The van der Waals surface area contributed by atoms with Gasteiger partial charge < -0.3 is 26.2 Å². The van der Waals surface area contributed by atoms with Gasteiger partial charge in [-0.2, -0.15) is 0 Å². The molecular formula is C39H67N5O7S. The highest BCUT2D eigenvalue weighted by Crippen LogP contribution is 2.65. The Hall–Kier alpha value is -2.96. The maximum absolute atomic E-state index is 14.9. The Kier molecular flexibility index (Phi) is 13.9. The smallest absolute Gasteiger partial charge is 0.315 e. The lowest BCUT2D eigenvalue weighted by Crippen LogP contribution is -2.64. The second-order valence-electron chi connectivity index (χ2n) is 18.2. The summed E-state index contributed by atoms with van der Waals surface area (Å²) in [5, 5.41) is 11.3. The molecule has 6 atom stereocenters. The third kappa shape index (κ3) is 9.96. The molecule has 296 valence electrons. The number of unbranched alkanes of at least 4 members (excludes halogenated alkanes) is 1. The van der Waals surface area contributed by atoms with Gasteiger partial charge in [-0.3, -0.25) is 19.2 Å². The van der Waals surface area contributed by atoms with Gasteiger partial charge in [0.15, 0.2) is 9.84 Å². The van der Waals surface area contributed by atoms with Crippen molar-refractivity contribution in [3.05, 3.63) is 12.7 Å². The zero-order valence-corrected chi connectivity index (χ0v) is 34.3. The normalized spacial score (nSPS) is 24.4. The summed E-state index contributed by atoms with van der Waals surface area (Å²) in [6.07, 6.45) is 7.70.